The van der Waals surface area contributed by atoms with E-state index in [4.69, 9.17) is 14.2 Å². The Balaban J connectivity index is 2.20. The molecule has 0 aromatic heterocycles. The molecule has 2 rings (SSSR count). The van der Waals surface area contributed by atoms with Crippen molar-refractivity contribution in [1.82, 2.24) is 5.32 Å². The third kappa shape index (κ3) is 3.74. The molecule has 1 amide bonds. The Morgan fingerprint density at radius 3 is 2.13 bits per heavy atom. The van der Waals surface area contributed by atoms with Crippen molar-refractivity contribution < 1.29 is 19.0 Å². The molecule has 0 unspecified atom stereocenters. The maximum atomic E-state index is 12.4. The number of hydrogen-bond acceptors (Lipinski definition) is 4. The minimum Gasteiger partial charge on any atom is -0.493 e. The van der Waals surface area contributed by atoms with Gasteiger partial charge in [-0.25, -0.2) is 0 Å². The van der Waals surface area contributed by atoms with Crippen LogP contribution in [0.25, 0.3) is 0 Å². The van der Waals surface area contributed by atoms with E-state index in [2.05, 4.69) is 5.32 Å². The van der Waals surface area contributed by atoms with Gasteiger partial charge >= 0.3 is 0 Å². The van der Waals surface area contributed by atoms with Crippen molar-refractivity contribution in [2.45, 2.75) is 13.5 Å². The quantitative estimate of drug-likeness (QED) is 0.890. The molecule has 0 heterocycles. The summed E-state index contributed by atoms with van der Waals surface area (Å²) in [5.74, 6) is 1.04. The topological polar surface area (TPSA) is 56.8 Å². The van der Waals surface area contributed by atoms with Crippen LogP contribution in [0.15, 0.2) is 36.4 Å². The number of carbonyl (C=O) groups is 1. The van der Waals surface area contributed by atoms with Gasteiger partial charge in [0.05, 0.1) is 26.9 Å². The summed E-state index contributed by atoms with van der Waals surface area (Å²) >= 11 is 0. The SMILES string of the molecule is COc1ccc(C(=O)NCc2ccc(C)cc2)c(OC)c1OC. The predicted molar refractivity (Wildman–Crippen MR) is 88.4 cm³/mol. The Kier molecular flexibility index (Phi) is 5.46. The Morgan fingerprint density at radius 1 is 0.913 bits per heavy atom. The van der Waals surface area contributed by atoms with Crippen molar-refractivity contribution in [3.05, 3.63) is 53.1 Å². The molecule has 0 saturated heterocycles. The third-order valence-corrected chi connectivity index (χ3v) is 3.52. The van der Waals surface area contributed by atoms with Gasteiger partial charge in [-0.05, 0) is 24.6 Å². The number of ether oxygens (including phenoxy) is 3. The van der Waals surface area contributed by atoms with Gasteiger partial charge in [-0.15, -0.1) is 0 Å². The lowest BCUT2D eigenvalue weighted by atomic mass is 10.1. The highest BCUT2D eigenvalue weighted by atomic mass is 16.5. The highest BCUT2D eigenvalue weighted by Crippen LogP contribution is 2.39. The molecule has 5 nitrogen and oxygen atoms in total. The molecule has 2 aromatic carbocycles. The number of amides is 1. The van der Waals surface area contributed by atoms with Crippen LogP contribution in [0.1, 0.15) is 21.5 Å². The third-order valence-electron chi connectivity index (χ3n) is 3.52. The van der Waals surface area contributed by atoms with Gasteiger partial charge in [0.15, 0.2) is 11.5 Å². The Morgan fingerprint density at radius 2 is 1.57 bits per heavy atom. The van der Waals surface area contributed by atoms with Crippen molar-refractivity contribution in [3.8, 4) is 17.2 Å². The molecule has 0 aliphatic rings. The first-order valence-corrected chi connectivity index (χ1v) is 7.23. The van der Waals surface area contributed by atoms with Crippen molar-refractivity contribution in [1.29, 1.82) is 0 Å². The van der Waals surface area contributed by atoms with Crippen LogP contribution in [0.2, 0.25) is 0 Å². The maximum absolute atomic E-state index is 12.4. The van der Waals surface area contributed by atoms with Crippen molar-refractivity contribution in [2.24, 2.45) is 0 Å². The van der Waals surface area contributed by atoms with Crippen molar-refractivity contribution >= 4 is 5.91 Å². The molecule has 1 N–H and O–H groups in total. The number of carbonyl (C=O) groups excluding carboxylic acids is 1. The maximum Gasteiger partial charge on any atom is 0.255 e. The Labute approximate surface area is 136 Å². The molecule has 0 radical (unpaired) electrons. The van der Waals surface area contributed by atoms with E-state index in [1.165, 1.54) is 26.9 Å². The molecule has 0 aliphatic carbocycles. The first kappa shape index (κ1) is 16.7. The number of rotatable bonds is 6. The first-order chi connectivity index (χ1) is 11.1. The second-order valence-corrected chi connectivity index (χ2v) is 5.05. The van der Waals surface area contributed by atoms with Crippen LogP contribution < -0.4 is 19.5 Å². The average Bonchev–Trinajstić information content (AvgIpc) is 2.59. The van der Waals surface area contributed by atoms with Gasteiger partial charge in [0, 0.05) is 6.54 Å². The number of nitrogens with one attached hydrogen (secondary N) is 1. The molecule has 2 aromatic rings. The van der Waals surface area contributed by atoms with E-state index in [1.54, 1.807) is 12.1 Å². The van der Waals surface area contributed by atoms with Crippen LogP contribution in [0.3, 0.4) is 0 Å². The zero-order valence-corrected chi connectivity index (χ0v) is 13.8. The van der Waals surface area contributed by atoms with Gasteiger partial charge in [-0.2, -0.15) is 0 Å². The van der Waals surface area contributed by atoms with E-state index < -0.39 is 0 Å². The fraction of sp³-hybridized carbons (Fsp3) is 0.278. The molecule has 0 saturated carbocycles. The van der Waals surface area contributed by atoms with E-state index in [9.17, 15) is 4.79 Å². The summed E-state index contributed by atoms with van der Waals surface area (Å²) in [6.07, 6.45) is 0. The van der Waals surface area contributed by atoms with Gasteiger partial charge in [0.1, 0.15) is 0 Å². The van der Waals surface area contributed by atoms with Crippen LogP contribution in [0, 0.1) is 6.92 Å². The summed E-state index contributed by atoms with van der Waals surface area (Å²) in [7, 11) is 4.54. The molecule has 0 bridgehead atoms. The fourth-order valence-corrected chi connectivity index (χ4v) is 2.26. The summed E-state index contributed by atoms with van der Waals surface area (Å²) in [5, 5.41) is 2.88. The molecule has 122 valence electrons. The molecular weight excluding hydrogens is 294 g/mol. The zero-order chi connectivity index (χ0) is 16.8. The van der Waals surface area contributed by atoms with Crippen molar-refractivity contribution in [3.63, 3.8) is 0 Å². The van der Waals surface area contributed by atoms with Gasteiger partial charge in [0.25, 0.3) is 5.91 Å². The standard InChI is InChI=1S/C18H21NO4/c1-12-5-7-13(8-6-12)11-19-18(20)14-9-10-15(21-2)17(23-4)16(14)22-3/h5-10H,11H2,1-4H3,(H,19,20). The summed E-state index contributed by atoms with van der Waals surface area (Å²) in [6, 6.07) is 11.3. The van der Waals surface area contributed by atoms with Gasteiger partial charge < -0.3 is 19.5 Å². The average molecular weight is 315 g/mol. The minimum absolute atomic E-state index is 0.233. The van der Waals surface area contributed by atoms with E-state index in [-0.39, 0.29) is 5.91 Å². The number of hydrogen-bond donors (Lipinski definition) is 1. The van der Waals surface area contributed by atoms with E-state index in [0.29, 0.717) is 29.4 Å². The van der Waals surface area contributed by atoms with Crippen LogP contribution in [-0.4, -0.2) is 27.2 Å². The fourth-order valence-electron chi connectivity index (χ4n) is 2.26. The Hall–Kier alpha value is -2.69. The smallest absolute Gasteiger partial charge is 0.255 e. The van der Waals surface area contributed by atoms with Gasteiger partial charge in [-0.3, -0.25) is 4.79 Å². The number of benzene rings is 2. The molecule has 0 atom stereocenters. The van der Waals surface area contributed by atoms with Crippen LogP contribution in [0.5, 0.6) is 17.2 Å². The minimum atomic E-state index is -0.233. The monoisotopic (exact) mass is 315 g/mol. The predicted octanol–water partition coefficient (Wildman–Crippen LogP) is 2.95. The van der Waals surface area contributed by atoms with Gasteiger partial charge in [-0.1, -0.05) is 29.8 Å². The summed E-state index contributed by atoms with van der Waals surface area (Å²) in [6.45, 7) is 2.47. The second-order valence-electron chi connectivity index (χ2n) is 5.05. The highest BCUT2D eigenvalue weighted by molar-refractivity contribution is 5.98. The van der Waals surface area contributed by atoms with E-state index >= 15 is 0 Å². The highest BCUT2D eigenvalue weighted by Gasteiger charge is 2.20. The van der Waals surface area contributed by atoms with Crippen LogP contribution in [0.4, 0.5) is 0 Å². The molecular formula is C18H21NO4. The normalized spacial score (nSPS) is 10.1. The van der Waals surface area contributed by atoms with Crippen molar-refractivity contribution in [2.75, 3.05) is 21.3 Å². The molecule has 23 heavy (non-hydrogen) atoms. The van der Waals surface area contributed by atoms with Gasteiger partial charge in [0.2, 0.25) is 5.75 Å². The zero-order valence-electron chi connectivity index (χ0n) is 13.8. The van der Waals surface area contributed by atoms with E-state index in [0.717, 1.165) is 5.56 Å². The lowest BCUT2D eigenvalue weighted by Crippen LogP contribution is -2.23. The summed E-state index contributed by atoms with van der Waals surface area (Å²) in [4.78, 5) is 12.4. The van der Waals surface area contributed by atoms with Crippen LogP contribution in [-0.2, 0) is 6.54 Å². The first-order valence-electron chi connectivity index (χ1n) is 7.23. The molecule has 0 fully saturated rings. The summed E-state index contributed by atoms with van der Waals surface area (Å²) < 4.78 is 15.8. The molecule has 0 aliphatic heterocycles. The Bertz CT molecular complexity index is 680. The molecule has 5 heteroatoms. The van der Waals surface area contributed by atoms with Crippen LogP contribution >= 0.6 is 0 Å². The lowest BCUT2D eigenvalue weighted by Gasteiger charge is -2.15. The number of aryl methyl sites for hydroxylation is 1. The largest absolute Gasteiger partial charge is 0.493 e. The lowest BCUT2D eigenvalue weighted by molar-refractivity contribution is 0.0947. The number of methoxy groups -OCH3 is 3. The van der Waals surface area contributed by atoms with E-state index in [1.807, 2.05) is 31.2 Å². The summed E-state index contributed by atoms with van der Waals surface area (Å²) in [5.41, 5.74) is 2.61. The second kappa shape index (κ2) is 7.54. The molecule has 0 spiro atoms.